The van der Waals surface area contributed by atoms with Crippen LogP contribution in [0.1, 0.15) is 19.8 Å². The van der Waals surface area contributed by atoms with Crippen LogP contribution in [0.15, 0.2) is 0 Å². The van der Waals surface area contributed by atoms with E-state index in [0.717, 1.165) is 19.5 Å². The summed E-state index contributed by atoms with van der Waals surface area (Å²) in [7, 11) is 0. The molecule has 1 saturated heterocycles. The highest BCUT2D eigenvalue weighted by molar-refractivity contribution is 5.79. The fourth-order valence-corrected chi connectivity index (χ4v) is 1.99. The van der Waals surface area contributed by atoms with Gasteiger partial charge in [0.25, 0.3) is 0 Å². The standard InChI is InChI=1S/C11H20N2O4/c1-7-6-12-4-2-8(7)10(15)13-5-3-9(14)11(16)17/h7-9,12,14H,2-6H2,1H3,(H,13,15)(H,16,17). The number of aliphatic hydroxyl groups excluding tert-OH is 1. The van der Waals surface area contributed by atoms with Gasteiger partial charge in [-0.3, -0.25) is 4.79 Å². The molecule has 0 aliphatic carbocycles. The van der Waals surface area contributed by atoms with Crippen molar-refractivity contribution < 1.29 is 19.8 Å². The molecule has 0 bridgehead atoms. The molecule has 6 heteroatoms. The molecule has 0 aromatic rings. The molecule has 98 valence electrons. The second-order valence-corrected chi connectivity index (χ2v) is 4.51. The summed E-state index contributed by atoms with van der Waals surface area (Å²) in [6.45, 7) is 3.88. The van der Waals surface area contributed by atoms with Crippen LogP contribution < -0.4 is 10.6 Å². The number of hydrogen-bond acceptors (Lipinski definition) is 4. The lowest BCUT2D eigenvalue weighted by Gasteiger charge is -2.28. The molecule has 1 fully saturated rings. The van der Waals surface area contributed by atoms with Crippen molar-refractivity contribution in [2.45, 2.75) is 25.9 Å². The van der Waals surface area contributed by atoms with Gasteiger partial charge in [-0.05, 0) is 25.4 Å². The average molecular weight is 244 g/mol. The third-order valence-electron chi connectivity index (χ3n) is 3.12. The number of hydrogen-bond donors (Lipinski definition) is 4. The Labute approximate surface area is 100 Å². The largest absolute Gasteiger partial charge is 0.479 e. The van der Waals surface area contributed by atoms with Crippen LogP contribution in [0.3, 0.4) is 0 Å². The van der Waals surface area contributed by atoms with Gasteiger partial charge in [0.2, 0.25) is 5.91 Å². The van der Waals surface area contributed by atoms with E-state index in [1.165, 1.54) is 0 Å². The zero-order valence-corrected chi connectivity index (χ0v) is 9.98. The number of carbonyl (C=O) groups excluding carboxylic acids is 1. The molecule has 3 atom stereocenters. The van der Waals surface area contributed by atoms with Gasteiger partial charge in [0.1, 0.15) is 0 Å². The Morgan fingerprint density at radius 2 is 2.24 bits per heavy atom. The molecule has 0 aromatic heterocycles. The number of carbonyl (C=O) groups is 2. The van der Waals surface area contributed by atoms with Crippen molar-refractivity contribution in [1.82, 2.24) is 10.6 Å². The topological polar surface area (TPSA) is 98.7 Å². The number of carboxylic acid groups (broad SMARTS) is 1. The first-order valence-electron chi connectivity index (χ1n) is 5.91. The van der Waals surface area contributed by atoms with Gasteiger partial charge in [-0.2, -0.15) is 0 Å². The Morgan fingerprint density at radius 3 is 2.82 bits per heavy atom. The van der Waals surface area contributed by atoms with Crippen molar-refractivity contribution >= 4 is 11.9 Å². The second-order valence-electron chi connectivity index (χ2n) is 4.51. The molecule has 1 aliphatic rings. The molecule has 3 unspecified atom stereocenters. The van der Waals surface area contributed by atoms with Crippen LogP contribution in [-0.4, -0.2) is 47.8 Å². The van der Waals surface area contributed by atoms with Gasteiger partial charge >= 0.3 is 5.97 Å². The van der Waals surface area contributed by atoms with E-state index in [1.54, 1.807) is 0 Å². The summed E-state index contributed by atoms with van der Waals surface area (Å²) < 4.78 is 0. The van der Waals surface area contributed by atoms with Crippen LogP contribution in [0.25, 0.3) is 0 Å². The van der Waals surface area contributed by atoms with Crippen LogP contribution in [0.2, 0.25) is 0 Å². The molecule has 4 N–H and O–H groups in total. The molecule has 1 heterocycles. The van der Waals surface area contributed by atoms with Crippen molar-refractivity contribution in [3.8, 4) is 0 Å². The normalized spacial score (nSPS) is 26.2. The minimum Gasteiger partial charge on any atom is -0.479 e. The zero-order chi connectivity index (χ0) is 12.8. The lowest BCUT2D eigenvalue weighted by Crippen LogP contribution is -2.44. The predicted octanol–water partition coefficient (Wildman–Crippen LogP) is -0.816. The van der Waals surface area contributed by atoms with E-state index >= 15 is 0 Å². The monoisotopic (exact) mass is 244 g/mol. The number of carboxylic acids is 1. The third-order valence-corrected chi connectivity index (χ3v) is 3.12. The zero-order valence-electron chi connectivity index (χ0n) is 9.98. The third kappa shape index (κ3) is 4.32. The number of rotatable bonds is 5. The summed E-state index contributed by atoms with van der Waals surface area (Å²) in [6, 6.07) is 0. The Kier molecular flexibility index (Phi) is 5.37. The molecule has 1 rings (SSSR count). The van der Waals surface area contributed by atoms with Gasteiger partial charge in [0.05, 0.1) is 0 Å². The summed E-state index contributed by atoms with van der Waals surface area (Å²) in [5.41, 5.74) is 0. The van der Waals surface area contributed by atoms with Gasteiger partial charge in [0.15, 0.2) is 6.10 Å². The maximum absolute atomic E-state index is 11.8. The Morgan fingerprint density at radius 1 is 1.53 bits per heavy atom. The van der Waals surface area contributed by atoms with Gasteiger partial charge in [-0.15, -0.1) is 0 Å². The van der Waals surface area contributed by atoms with Crippen molar-refractivity contribution in [3.63, 3.8) is 0 Å². The molecule has 17 heavy (non-hydrogen) atoms. The maximum Gasteiger partial charge on any atom is 0.332 e. The highest BCUT2D eigenvalue weighted by Gasteiger charge is 2.27. The van der Waals surface area contributed by atoms with Crippen LogP contribution in [-0.2, 0) is 9.59 Å². The van der Waals surface area contributed by atoms with Crippen molar-refractivity contribution in [3.05, 3.63) is 0 Å². The first-order valence-corrected chi connectivity index (χ1v) is 5.91. The van der Waals surface area contributed by atoms with Gasteiger partial charge in [-0.25, -0.2) is 4.79 Å². The highest BCUT2D eigenvalue weighted by Crippen LogP contribution is 2.18. The smallest absolute Gasteiger partial charge is 0.332 e. The molecule has 0 spiro atoms. The first-order chi connectivity index (χ1) is 8.02. The summed E-state index contributed by atoms with van der Waals surface area (Å²) in [5.74, 6) is -1.03. The number of amides is 1. The van der Waals surface area contributed by atoms with E-state index in [-0.39, 0.29) is 30.7 Å². The van der Waals surface area contributed by atoms with Crippen molar-refractivity contribution in [2.75, 3.05) is 19.6 Å². The molecule has 0 saturated carbocycles. The van der Waals surface area contributed by atoms with E-state index in [1.807, 2.05) is 6.92 Å². The van der Waals surface area contributed by atoms with Crippen molar-refractivity contribution in [2.24, 2.45) is 11.8 Å². The van der Waals surface area contributed by atoms with E-state index in [2.05, 4.69) is 10.6 Å². The number of nitrogens with one attached hydrogen (secondary N) is 2. The molecule has 1 amide bonds. The van der Waals surface area contributed by atoms with Crippen LogP contribution in [0.4, 0.5) is 0 Å². The minimum atomic E-state index is -1.40. The molecule has 6 nitrogen and oxygen atoms in total. The Hall–Kier alpha value is -1.14. The lowest BCUT2D eigenvalue weighted by molar-refractivity contribution is -0.147. The predicted molar refractivity (Wildman–Crippen MR) is 61.4 cm³/mol. The highest BCUT2D eigenvalue weighted by atomic mass is 16.4. The van der Waals surface area contributed by atoms with E-state index in [0.29, 0.717) is 0 Å². The first kappa shape index (κ1) is 13.9. The number of aliphatic hydroxyl groups is 1. The Balaban J connectivity index is 2.26. The quantitative estimate of drug-likeness (QED) is 0.506. The maximum atomic E-state index is 11.8. The van der Waals surface area contributed by atoms with Crippen LogP contribution in [0.5, 0.6) is 0 Å². The summed E-state index contributed by atoms with van der Waals surface area (Å²) in [6.07, 6.45) is -0.560. The minimum absolute atomic E-state index is 0.0155. The van der Waals surface area contributed by atoms with Gasteiger partial charge in [-0.1, -0.05) is 6.92 Å². The summed E-state index contributed by atoms with van der Waals surface area (Å²) in [5, 5.41) is 23.4. The van der Waals surface area contributed by atoms with Gasteiger partial charge in [0, 0.05) is 18.9 Å². The average Bonchev–Trinajstić information content (AvgIpc) is 2.29. The van der Waals surface area contributed by atoms with E-state index in [4.69, 9.17) is 10.2 Å². The van der Waals surface area contributed by atoms with Crippen molar-refractivity contribution in [1.29, 1.82) is 0 Å². The van der Waals surface area contributed by atoms with Gasteiger partial charge < -0.3 is 20.8 Å². The second kappa shape index (κ2) is 6.56. The van der Waals surface area contributed by atoms with Crippen LogP contribution in [0, 0.1) is 11.8 Å². The molecular formula is C11H20N2O4. The molecular weight excluding hydrogens is 224 g/mol. The Bertz CT molecular complexity index is 283. The SMILES string of the molecule is CC1CNCCC1C(=O)NCCC(O)C(=O)O. The lowest BCUT2D eigenvalue weighted by atomic mass is 9.87. The molecule has 1 aliphatic heterocycles. The number of piperidine rings is 1. The molecule has 0 aromatic carbocycles. The summed E-state index contributed by atoms with van der Waals surface area (Å²) >= 11 is 0. The van der Waals surface area contributed by atoms with E-state index in [9.17, 15) is 9.59 Å². The molecule has 0 radical (unpaired) electrons. The van der Waals surface area contributed by atoms with E-state index < -0.39 is 12.1 Å². The van der Waals surface area contributed by atoms with Crippen LogP contribution >= 0.6 is 0 Å². The summed E-state index contributed by atoms with van der Waals surface area (Å²) in [4.78, 5) is 22.1. The number of aliphatic carboxylic acids is 1. The fourth-order valence-electron chi connectivity index (χ4n) is 1.99. The fraction of sp³-hybridized carbons (Fsp3) is 0.818.